The Bertz CT molecular complexity index is 2090. The first kappa shape index (κ1) is 35.5. The van der Waals surface area contributed by atoms with Gasteiger partial charge in [0.2, 0.25) is 0 Å². The zero-order chi connectivity index (χ0) is 35.7. The van der Waals surface area contributed by atoms with Crippen LogP contribution < -0.4 is 38.6 Å². The van der Waals surface area contributed by atoms with E-state index in [1.54, 1.807) is 0 Å². The fourth-order valence-electron chi connectivity index (χ4n) is 5.49. The van der Waals surface area contributed by atoms with E-state index in [4.69, 9.17) is 42.1 Å². The SMILES string of the molecule is Nc1nc2c(ncn2[C@@H]2O[C@@H]3COP(=O)(O)OC4C(O)[C@H](n5cnc6c(N)ncnc65)O[C@@H]4COP(=O)(O)OC2C3O[I-]C(F)(F)F)c(=O)[nH]1. The number of hydrogen-bond acceptors (Lipinski definition) is 18. The summed E-state index contributed by atoms with van der Waals surface area (Å²) in [6.45, 7) is -2.00. The average Bonchev–Trinajstić information content (AvgIpc) is 3.78. The van der Waals surface area contributed by atoms with Crippen LogP contribution in [0, 0.1) is 0 Å². The van der Waals surface area contributed by atoms with Crippen LogP contribution in [-0.4, -0.2) is 108 Å². The van der Waals surface area contributed by atoms with Gasteiger partial charge in [-0.2, -0.15) is 0 Å². The number of halogens is 4. The van der Waals surface area contributed by atoms with Crippen LogP contribution in [0.3, 0.4) is 0 Å². The summed E-state index contributed by atoms with van der Waals surface area (Å²) >= 11 is -3.13. The molecule has 3 fully saturated rings. The second-order valence-corrected chi connectivity index (χ2v) is 15.7. The van der Waals surface area contributed by atoms with Crippen LogP contribution in [0.1, 0.15) is 12.5 Å². The zero-order valence-corrected chi connectivity index (χ0v) is 28.3. The Morgan fingerprint density at radius 2 is 1.54 bits per heavy atom. The molecule has 4 aromatic heterocycles. The summed E-state index contributed by atoms with van der Waals surface area (Å²) in [6.07, 6.45) is -10.8. The molecule has 4 aromatic rings. The second kappa shape index (κ2) is 12.9. The summed E-state index contributed by atoms with van der Waals surface area (Å²) in [5, 5.41) is 11.2. The molecule has 0 saturated carbocycles. The average molecular weight is 869 g/mol. The first-order valence-corrected chi connectivity index (χ1v) is 18.8. The Kier molecular flexibility index (Phi) is 9.18. The molecule has 0 aliphatic carbocycles. The Balaban J connectivity index is 1.24. The number of rotatable bonds is 4. The van der Waals surface area contributed by atoms with Crippen molar-refractivity contribution in [1.29, 1.82) is 0 Å². The predicted molar refractivity (Wildman–Crippen MR) is 148 cm³/mol. The van der Waals surface area contributed by atoms with E-state index in [0.29, 0.717) is 0 Å². The molecule has 6 unspecified atom stereocenters. The van der Waals surface area contributed by atoms with Crippen LogP contribution in [0.15, 0.2) is 23.8 Å². The summed E-state index contributed by atoms with van der Waals surface area (Å²) in [4.78, 5) is 56.0. The number of alkyl halides is 4. The molecule has 8 N–H and O–H groups in total. The molecular weight excluding hydrogens is 846 g/mol. The molecule has 50 heavy (non-hydrogen) atoms. The van der Waals surface area contributed by atoms with Crippen molar-refractivity contribution in [3.8, 4) is 0 Å². The van der Waals surface area contributed by atoms with Crippen LogP contribution in [0.25, 0.3) is 22.3 Å². The van der Waals surface area contributed by atoms with E-state index in [9.17, 15) is 42.0 Å². The van der Waals surface area contributed by atoms with Gasteiger partial charge in [-0.15, -0.1) is 0 Å². The number of ether oxygens (including phenoxy) is 2. The quantitative estimate of drug-likeness (QED) is 0.0651. The second-order valence-electron chi connectivity index (χ2n) is 10.7. The third-order valence-electron chi connectivity index (χ3n) is 7.53. The fraction of sp³-hybridized carbons (Fsp3) is 0.524. The van der Waals surface area contributed by atoms with Crippen molar-refractivity contribution in [3.05, 3.63) is 29.3 Å². The number of phosphoric ester groups is 2. The normalized spacial score (nSPS) is 35.6. The van der Waals surface area contributed by atoms with Gasteiger partial charge in [0.15, 0.2) is 5.82 Å². The molecule has 2 bridgehead atoms. The Morgan fingerprint density at radius 1 is 0.920 bits per heavy atom. The van der Waals surface area contributed by atoms with Crippen molar-refractivity contribution >= 4 is 49.7 Å². The first-order valence-electron chi connectivity index (χ1n) is 13.8. The number of nitrogen functional groups attached to an aromatic ring is 2. The van der Waals surface area contributed by atoms with E-state index in [1.807, 2.05) is 0 Å². The molecule has 7 rings (SSSR count). The van der Waals surface area contributed by atoms with Crippen molar-refractivity contribution in [1.82, 2.24) is 39.0 Å². The Morgan fingerprint density at radius 3 is 2.24 bits per heavy atom. The van der Waals surface area contributed by atoms with Crippen molar-refractivity contribution in [2.75, 3.05) is 24.7 Å². The van der Waals surface area contributed by atoms with E-state index in [-0.39, 0.29) is 28.1 Å². The number of fused-ring (bicyclic) bond motifs is 5. The predicted octanol–water partition coefficient (Wildman–Crippen LogP) is -3.79. The van der Waals surface area contributed by atoms with E-state index in [2.05, 4.69) is 29.9 Å². The van der Waals surface area contributed by atoms with E-state index >= 15 is 0 Å². The standard InChI is InChI=1S/C21H23F3IN10O13P2/c22-21(23,24)25-46-12-7-2-43-49(38,39)47-11-6(44-18(10(11)36)34-4-30-8-14(26)28-3-29-15(8)34)1-42-50(40,41)48-13(12)19(45-7)35-5-31-9-16(35)32-20(27)33-17(9)37/h3-7,10-13,18-19,36H,1-2H2,(H,38,39)(H,40,41)(H2,26,28,29)(H3,27,32,33,37)/q-1/t6-,7-,10?,11?,12?,13?,18-,19-/m1/s1. The number of anilines is 2. The molecule has 0 amide bonds. The minimum atomic E-state index is -5.37. The minimum absolute atomic E-state index is 0.0143. The number of nitrogens with one attached hydrogen (secondary N) is 1. The molecule has 0 radical (unpaired) electrons. The first-order chi connectivity index (χ1) is 23.5. The topological polar surface area (TPSA) is 319 Å². The van der Waals surface area contributed by atoms with Crippen molar-refractivity contribution < 1.29 is 89.4 Å². The number of phosphoric acid groups is 2. The van der Waals surface area contributed by atoms with Gasteiger partial charge in [0.1, 0.15) is 11.8 Å². The van der Waals surface area contributed by atoms with Gasteiger partial charge < -0.3 is 5.73 Å². The molecule has 10 atom stereocenters. The number of aromatic nitrogens is 8. The van der Waals surface area contributed by atoms with E-state index in [0.717, 1.165) is 17.2 Å². The van der Waals surface area contributed by atoms with Gasteiger partial charge in [-0.1, -0.05) is 0 Å². The van der Waals surface area contributed by atoms with Crippen LogP contribution in [-0.2, 0) is 39.8 Å². The molecule has 0 spiro atoms. The number of aliphatic hydroxyl groups excluding tert-OH is 1. The van der Waals surface area contributed by atoms with Crippen LogP contribution in [0.5, 0.6) is 0 Å². The third-order valence-corrected chi connectivity index (χ3v) is 10.8. The zero-order valence-electron chi connectivity index (χ0n) is 24.4. The molecule has 23 nitrogen and oxygen atoms in total. The maximum atomic E-state index is 13.4. The number of aliphatic hydroxyl groups is 1. The van der Waals surface area contributed by atoms with Crippen molar-refractivity contribution in [3.63, 3.8) is 0 Å². The molecule has 7 heterocycles. The summed E-state index contributed by atoms with van der Waals surface area (Å²) in [7, 11) is -10.6. The van der Waals surface area contributed by atoms with Gasteiger partial charge in [-0.05, 0) is 0 Å². The summed E-state index contributed by atoms with van der Waals surface area (Å²) in [5.41, 5.74) is 10.3. The van der Waals surface area contributed by atoms with Crippen LogP contribution >= 0.6 is 15.6 Å². The van der Waals surface area contributed by atoms with Gasteiger partial charge in [-0.3, -0.25) is 0 Å². The summed E-state index contributed by atoms with van der Waals surface area (Å²) in [6, 6.07) is 0. The van der Waals surface area contributed by atoms with Gasteiger partial charge >= 0.3 is 247 Å². The van der Waals surface area contributed by atoms with E-state index < -0.39 is 115 Å². The van der Waals surface area contributed by atoms with Gasteiger partial charge in [0.05, 0.1) is 0 Å². The number of hydrogen-bond donors (Lipinski definition) is 6. The number of nitrogens with zero attached hydrogens (tertiary/aromatic N) is 7. The molecule has 3 aliphatic rings. The molecular formula is C21H23F3IN10O13P2-. The maximum absolute atomic E-state index is 13.4. The molecule has 29 heteroatoms. The molecule has 274 valence electrons. The van der Waals surface area contributed by atoms with Gasteiger partial charge in [0.25, 0.3) is 0 Å². The fourth-order valence-corrected chi connectivity index (χ4v) is 8.58. The van der Waals surface area contributed by atoms with Crippen LogP contribution in [0.4, 0.5) is 24.9 Å². The van der Waals surface area contributed by atoms with Crippen molar-refractivity contribution in [2.24, 2.45) is 0 Å². The van der Waals surface area contributed by atoms with E-state index in [1.165, 1.54) is 10.9 Å². The number of nitrogens with two attached hydrogens (primary N) is 2. The molecule has 3 aliphatic heterocycles. The van der Waals surface area contributed by atoms with Crippen molar-refractivity contribution in [2.45, 2.75) is 53.3 Å². The number of aromatic amines is 1. The summed E-state index contributed by atoms with van der Waals surface area (Å²) in [5.74, 6) is -0.405. The summed E-state index contributed by atoms with van der Waals surface area (Å²) < 4.78 is 102. The molecule has 3 saturated heterocycles. The van der Waals surface area contributed by atoms with Crippen LogP contribution in [0.2, 0.25) is 0 Å². The van der Waals surface area contributed by atoms with Gasteiger partial charge in [-0.25, -0.2) is 15.0 Å². The monoisotopic (exact) mass is 869 g/mol. The molecule has 0 aromatic carbocycles. The third kappa shape index (κ3) is 6.85. The Labute approximate surface area is 285 Å². The number of imidazole rings is 2. The number of H-pyrrole nitrogens is 1. The Hall–Kier alpha value is -2.92. The van der Waals surface area contributed by atoms with Gasteiger partial charge in [0, 0.05) is 0 Å².